The van der Waals surface area contributed by atoms with Gasteiger partial charge in [-0.2, -0.15) is 4.37 Å². The number of anilines is 2. The van der Waals surface area contributed by atoms with Crippen LogP contribution in [0.4, 0.5) is 15.8 Å². The fourth-order valence-electron chi connectivity index (χ4n) is 4.28. The van der Waals surface area contributed by atoms with Crippen LogP contribution in [0.3, 0.4) is 0 Å². The Labute approximate surface area is 228 Å². The number of carbonyl (C=O) groups excluding carboxylic acids is 3. The first kappa shape index (κ1) is 27.8. The fraction of sp³-hybridized carbons (Fsp3) is 0.308. The molecule has 206 valence electrons. The van der Waals surface area contributed by atoms with Crippen LogP contribution in [-0.2, 0) is 9.53 Å². The Morgan fingerprint density at radius 2 is 1.90 bits per heavy atom. The number of nitrogens with zero attached hydrogens (tertiary/aromatic N) is 2. The van der Waals surface area contributed by atoms with E-state index < -0.39 is 29.6 Å². The van der Waals surface area contributed by atoms with E-state index in [-0.39, 0.29) is 34.6 Å². The summed E-state index contributed by atoms with van der Waals surface area (Å²) in [6, 6.07) is 8.59. The highest BCUT2D eigenvalue weighted by Gasteiger charge is 2.37. The van der Waals surface area contributed by atoms with E-state index in [2.05, 4.69) is 9.69 Å². The zero-order chi connectivity index (χ0) is 28.1. The number of nitrogens with two attached hydrogens (primary N) is 2. The number of nitrogen functional groups attached to an aromatic ring is 1. The van der Waals surface area contributed by atoms with Crippen molar-refractivity contribution < 1.29 is 33.0 Å². The summed E-state index contributed by atoms with van der Waals surface area (Å²) >= 11 is 0.679. The molecule has 2 heterocycles. The van der Waals surface area contributed by atoms with Crippen molar-refractivity contribution in [1.29, 1.82) is 0 Å². The number of hydrogen-bond donors (Lipinski definition) is 3. The van der Waals surface area contributed by atoms with Gasteiger partial charge in [-0.1, -0.05) is 12.1 Å². The molecule has 1 aromatic heterocycles. The Balaban J connectivity index is 1.85. The Bertz CT molecular complexity index is 1360. The molecule has 1 saturated heterocycles. The Hall–Kier alpha value is -4.23. The number of aromatic nitrogens is 1. The molecule has 13 heteroatoms. The minimum atomic E-state index is -1.28. The molecular formula is C26H28FN5O6S. The van der Waals surface area contributed by atoms with E-state index in [9.17, 15) is 18.8 Å². The maximum Gasteiger partial charge on any atom is 0.273 e. The molecular weight excluding hydrogens is 529 g/mol. The number of nitrogens with one attached hydrogen (secondary N) is 1. The van der Waals surface area contributed by atoms with E-state index in [0.717, 1.165) is 12.8 Å². The van der Waals surface area contributed by atoms with Crippen LogP contribution in [0.15, 0.2) is 42.5 Å². The van der Waals surface area contributed by atoms with Crippen molar-refractivity contribution >= 4 is 40.6 Å². The summed E-state index contributed by atoms with van der Waals surface area (Å²) in [7, 11) is 2.89. The van der Waals surface area contributed by atoms with Crippen molar-refractivity contribution in [1.82, 2.24) is 9.69 Å². The largest absolute Gasteiger partial charge is 0.493 e. The van der Waals surface area contributed by atoms with Crippen molar-refractivity contribution in [3.05, 3.63) is 64.4 Å². The molecule has 2 aromatic carbocycles. The van der Waals surface area contributed by atoms with Crippen molar-refractivity contribution in [3.8, 4) is 11.5 Å². The fourth-order valence-corrected chi connectivity index (χ4v) is 5.02. The number of methoxy groups -OCH3 is 2. The molecule has 0 radical (unpaired) electrons. The molecule has 3 aromatic rings. The van der Waals surface area contributed by atoms with Crippen molar-refractivity contribution in [3.63, 3.8) is 0 Å². The Morgan fingerprint density at radius 3 is 2.49 bits per heavy atom. The summed E-state index contributed by atoms with van der Waals surface area (Å²) < 4.78 is 34.2. The van der Waals surface area contributed by atoms with Gasteiger partial charge < -0.3 is 31.0 Å². The summed E-state index contributed by atoms with van der Waals surface area (Å²) in [5.41, 5.74) is 11.5. The standard InChI is InChI=1S/C26H28FN5O6S/c1-36-18-10-9-16(12-19(18)37-2)32(26(35)23-20(28)21(24(29)33)31-39-23)22(14-5-7-15(27)8-6-14)25(34)30-13-17-4-3-11-38-17/h5-10,12,17,22H,3-4,11,13,28H2,1-2H3,(H2,29,33)(H,30,34)/t17-,22-/m0/s1. The number of rotatable bonds is 10. The van der Waals surface area contributed by atoms with Gasteiger partial charge in [-0.05, 0) is 54.2 Å². The third-order valence-electron chi connectivity index (χ3n) is 6.24. The van der Waals surface area contributed by atoms with Crippen molar-refractivity contribution in [2.45, 2.75) is 25.0 Å². The maximum atomic E-state index is 14.1. The SMILES string of the molecule is COc1ccc(N(C(=O)c2snc(C(N)=O)c2N)[C@H](C(=O)NC[C@@H]2CCCO2)c2ccc(F)cc2)cc1OC. The first-order valence-corrected chi connectivity index (χ1v) is 12.8. The minimum Gasteiger partial charge on any atom is -0.493 e. The summed E-state index contributed by atoms with van der Waals surface area (Å²) in [5, 5.41) is 2.86. The van der Waals surface area contributed by atoms with Gasteiger partial charge in [0, 0.05) is 24.9 Å². The Morgan fingerprint density at radius 1 is 1.18 bits per heavy atom. The molecule has 0 unspecified atom stereocenters. The van der Waals surface area contributed by atoms with Crippen LogP contribution in [0.1, 0.15) is 44.6 Å². The topological polar surface area (TPSA) is 159 Å². The average Bonchev–Trinajstić information content (AvgIpc) is 3.60. The van der Waals surface area contributed by atoms with Gasteiger partial charge in [-0.25, -0.2) is 4.39 Å². The highest BCUT2D eigenvalue weighted by atomic mass is 32.1. The second-order valence-corrected chi connectivity index (χ2v) is 9.46. The number of halogens is 1. The lowest BCUT2D eigenvalue weighted by Crippen LogP contribution is -2.45. The summed E-state index contributed by atoms with van der Waals surface area (Å²) in [6.45, 7) is 0.823. The van der Waals surface area contributed by atoms with Crippen LogP contribution in [0.2, 0.25) is 0 Å². The lowest BCUT2D eigenvalue weighted by molar-refractivity contribution is -0.123. The molecule has 0 aliphatic carbocycles. The number of hydrogen-bond acceptors (Lipinski definition) is 9. The molecule has 4 rings (SSSR count). The summed E-state index contributed by atoms with van der Waals surface area (Å²) in [4.78, 5) is 40.8. The van der Waals surface area contributed by atoms with Gasteiger partial charge >= 0.3 is 0 Å². The van der Waals surface area contributed by atoms with Crippen molar-refractivity contribution in [2.24, 2.45) is 5.73 Å². The second-order valence-electron chi connectivity index (χ2n) is 8.69. The lowest BCUT2D eigenvalue weighted by Gasteiger charge is -2.32. The first-order valence-electron chi connectivity index (χ1n) is 12.0. The predicted octanol–water partition coefficient (Wildman–Crippen LogP) is 2.66. The van der Waals surface area contributed by atoms with Crippen LogP contribution in [0.25, 0.3) is 0 Å². The Kier molecular flexibility index (Phi) is 8.62. The molecule has 0 spiro atoms. The van der Waals surface area contributed by atoms with E-state index in [0.29, 0.717) is 35.2 Å². The predicted molar refractivity (Wildman–Crippen MR) is 143 cm³/mol. The third kappa shape index (κ3) is 5.94. The quantitative estimate of drug-likeness (QED) is 0.343. The minimum absolute atomic E-state index is 0.0994. The van der Waals surface area contributed by atoms with Gasteiger partial charge in [0.05, 0.1) is 26.0 Å². The molecule has 2 atom stereocenters. The van der Waals surface area contributed by atoms with E-state index in [4.69, 9.17) is 25.7 Å². The van der Waals surface area contributed by atoms with Gasteiger partial charge in [0.15, 0.2) is 17.2 Å². The van der Waals surface area contributed by atoms with Gasteiger partial charge in [0.1, 0.15) is 16.7 Å². The lowest BCUT2D eigenvalue weighted by atomic mass is 10.0. The number of primary amides is 1. The van der Waals surface area contributed by atoms with Crippen molar-refractivity contribution in [2.75, 3.05) is 38.0 Å². The van der Waals surface area contributed by atoms with Crippen LogP contribution in [0.5, 0.6) is 11.5 Å². The van der Waals surface area contributed by atoms with Crippen LogP contribution in [-0.4, -0.2) is 55.6 Å². The number of benzene rings is 2. The highest BCUT2D eigenvalue weighted by Crippen LogP contribution is 2.38. The van der Waals surface area contributed by atoms with E-state index >= 15 is 0 Å². The van der Waals surface area contributed by atoms with Crippen LogP contribution >= 0.6 is 11.5 Å². The maximum absolute atomic E-state index is 14.1. The normalized spacial score (nSPS) is 15.4. The average molecular weight is 558 g/mol. The second kappa shape index (κ2) is 12.1. The van der Waals surface area contributed by atoms with Crippen LogP contribution in [0, 0.1) is 5.82 Å². The van der Waals surface area contributed by atoms with Gasteiger partial charge in [0.25, 0.3) is 11.8 Å². The number of amides is 3. The van der Waals surface area contributed by atoms with Gasteiger partial charge in [-0.15, -0.1) is 0 Å². The van der Waals surface area contributed by atoms with Gasteiger partial charge in [0.2, 0.25) is 5.91 Å². The molecule has 1 aliphatic heterocycles. The monoisotopic (exact) mass is 557 g/mol. The zero-order valence-electron chi connectivity index (χ0n) is 21.3. The molecule has 1 aliphatic rings. The molecule has 1 fully saturated rings. The molecule has 5 N–H and O–H groups in total. The van der Waals surface area contributed by atoms with E-state index in [1.165, 1.54) is 49.5 Å². The zero-order valence-corrected chi connectivity index (χ0v) is 22.1. The molecule has 39 heavy (non-hydrogen) atoms. The molecule has 0 saturated carbocycles. The smallest absolute Gasteiger partial charge is 0.273 e. The summed E-state index contributed by atoms with van der Waals surface area (Å²) in [6.07, 6.45) is 1.50. The summed E-state index contributed by atoms with van der Waals surface area (Å²) in [5.74, 6) is -2.00. The number of ether oxygens (including phenoxy) is 3. The van der Waals surface area contributed by atoms with E-state index in [1.807, 2.05) is 0 Å². The molecule has 11 nitrogen and oxygen atoms in total. The number of carbonyl (C=O) groups is 3. The third-order valence-corrected chi connectivity index (χ3v) is 7.09. The highest BCUT2D eigenvalue weighted by molar-refractivity contribution is 7.09. The first-order chi connectivity index (χ1) is 18.7. The molecule has 0 bridgehead atoms. The molecule has 3 amide bonds. The van der Waals surface area contributed by atoms with E-state index in [1.54, 1.807) is 12.1 Å². The van der Waals surface area contributed by atoms with Crippen LogP contribution < -0.4 is 31.2 Å². The van der Waals surface area contributed by atoms with Gasteiger partial charge in [-0.3, -0.25) is 19.3 Å².